The van der Waals surface area contributed by atoms with E-state index >= 15 is 0 Å². The summed E-state index contributed by atoms with van der Waals surface area (Å²) >= 11 is 5.31. The lowest BCUT2D eigenvalue weighted by Crippen LogP contribution is -2.56. The molecule has 2 unspecified atom stereocenters. The van der Waals surface area contributed by atoms with Crippen LogP contribution in [0.2, 0.25) is 0 Å². The van der Waals surface area contributed by atoms with Crippen LogP contribution in [0.3, 0.4) is 0 Å². The predicted octanol–water partition coefficient (Wildman–Crippen LogP) is 3.23. The summed E-state index contributed by atoms with van der Waals surface area (Å²) in [6.45, 7) is 4.68. The molecule has 0 radical (unpaired) electrons. The summed E-state index contributed by atoms with van der Waals surface area (Å²) in [6.07, 6.45) is 3.50. The molecule has 2 heterocycles. The Morgan fingerprint density at radius 1 is 1.63 bits per heavy atom. The van der Waals surface area contributed by atoms with Crippen LogP contribution in [0.5, 0.6) is 0 Å². The summed E-state index contributed by atoms with van der Waals surface area (Å²) < 4.78 is 6.97. The molecule has 0 aliphatic carbocycles. The zero-order valence-corrected chi connectivity index (χ0v) is 14.1. The van der Waals surface area contributed by atoms with E-state index in [-0.39, 0.29) is 5.54 Å². The first kappa shape index (κ1) is 15.4. The average Bonchev–Trinajstić information content (AvgIpc) is 2.84. The van der Waals surface area contributed by atoms with Crippen LogP contribution in [-0.2, 0) is 11.3 Å². The van der Waals surface area contributed by atoms with E-state index in [0.717, 1.165) is 32.4 Å². The molecule has 0 saturated carbocycles. The second-order valence-electron chi connectivity index (χ2n) is 5.37. The highest BCUT2D eigenvalue weighted by atomic mass is 79.9. The van der Waals surface area contributed by atoms with Crippen LogP contribution < -0.4 is 5.73 Å². The number of nitrogens with zero attached hydrogens (tertiary/aromatic N) is 1. The van der Waals surface area contributed by atoms with Crippen LogP contribution in [0.15, 0.2) is 15.9 Å². The van der Waals surface area contributed by atoms with Crippen molar-refractivity contribution in [2.24, 2.45) is 5.73 Å². The third-order valence-electron chi connectivity index (χ3n) is 4.19. The fraction of sp³-hybridized carbons (Fsp3) is 0.714. The minimum atomic E-state index is 0.0927. The molecule has 3 nitrogen and oxygen atoms in total. The third kappa shape index (κ3) is 3.58. The number of hydrogen-bond acceptors (Lipinski definition) is 4. The molecule has 108 valence electrons. The van der Waals surface area contributed by atoms with Crippen molar-refractivity contribution in [2.75, 3.05) is 20.2 Å². The van der Waals surface area contributed by atoms with Gasteiger partial charge in [-0.15, -0.1) is 11.3 Å². The van der Waals surface area contributed by atoms with Gasteiger partial charge in [-0.1, -0.05) is 6.92 Å². The molecule has 2 rings (SSSR count). The maximum Gasteiger partial charge on any atom is 0.0590 e. The molecule has 5 heteroatoms. The lowest BCUT2D eigenvalue weighted by Gasteiger charge is -2.46. The molecule has 1 fully saturated rings. The second-order valence-corrected chi connectivity index (χ2v) is 7.28. The van der Waals surface area contributed by atoms with E-state index in [1.807, 2.05) is 0 Å². The van der Waals surface area contributed by atoms with Gasteiger partial charge in [0, 0.05) is 40.0 Å². The maximum absolute atomic E-state index is 6.11. The Morgan fingerprint density at radius 3 is 3.00 bits per heavy atom. The number of nitrogens with two attached hydrogens (primary N) is 1. The summed E-state index contributed by atoms with van der Waals surface area (Å²) in [4.78, 5) is 3.80. The molecule has 1 aliphatic rings. The SMILES string of the molecule is CCC1CC(CN)(N(C)Cc2cc(Br)cs2)CCO1. The van der Waals surface area contributed by atoms with Gasteiger partial charge in [-0.2, -0.15) is 0 Å². The van der Waals surface area contributed by atoms with Gasteiger partial charge in [0.2, 0.25) is 0 Å². The quantitative estimate of drug-likeness (QED) is 0.889. The average molecular weight is 347 g/mol. The van der Waals surface area contributed by atoms with Gasteiger partial charge >= 0.3 is 0 Å². The van der Waals surface area contributed by atoms with E-state index in [2.05, 4.69) is 46.2 Å². The number of rotatable bonds is 5. The number of halogens is 1. The summed E-state index contributed by atoms with van der Waals surface area (Å²) in [6, 6.07) is 2.20. The topological polar surface area (TPSA) is 38.5 Å². The van der Waals surface area contributed by atoms with Crippen molar-refractivity contribution in [2.45, 2.75) is 44.4 Å². The Hall–Kier alpha value is 0.0600. The number of hydrogen-bond donors (Lipinski definition) is 1. The molecule has 2 atom stereocenters. The van der Waals surface area contributed by atoms with E-state index in [9.17, 15) is 0 Å². The van der Waals surface area contributed by atoms with Crippen molar-refractivity contribution in [1.82, 2.24) is 4.90 Å². The molecule has 0 aromatic carbocycles. The first-order chi connectivity index (χ1) is 9.09. The highest BCUT2D eigenvalue weighted by Crippen LogP contribution is 2.32. The summed E-state index contributed by atoms with van der Waals surface area (Å²) in [5.74, 6) is 0. The molecule has 0 bridgehead atoms. The summed E-state index contributed by atoms with van der Waals surface area (Å²) in [7, 11) is 2.19. The van der Waals surface area contributed by atoms with Crippen molar-refractivity contribution in [3.8, 4) is 0 Å². The Labute approximate surface area is 128 Å². The predicted molar refractivity (Wildman–Crippen MR) is 84.5 cm³/mol. The highest BCUT2D eigenvalue weighted by molar-refractivity contribution is 9.10. The van der Waals surface area contributed by atoms with Gasteiger partial charge in [0.25, 0.3) is 0 Å². The Kier molecular flexibility index (Phi) is 5.43. The Balaban J connectivity index is 2.07. The van der Waals surface area contributed by atoms with E-state index in [1.54, 1.807) is 11.3 Å². The number of thiophene rings is 1. The zero-order chi connectivity index (χ0) is 13.9. The number of likely N-dealkylation sites (N-methyl/N-ethyl adjacent to an activating group) is 1. The molecule has 1 saturated heterocycles. The van der Waals surface area contributed by atoms with Crippen molar-refractivity contribution < 1.29 is 4.74 Å². The van der Waals surface area contributed by atoms with Gasteiger partial charge in [-0.25, -0.2) is 0 Å². The highest BCUT2D eigenvalue weighted by Gasteiger charge is 2.38. The minimum absolute atomic E-state index is 0.0927. The molecular formula is C14H23BrN2OS. The normalized spacial score (nSPS) is 27.9. The Morgan fingerprint density at radius 2 is 2.42 bits per heavy atom. The molecule has 1 aromatic heterocycles. The second kappa shape index (κ2) is 6.68. The Bertz CT molecular complexity index is 412. The first-order valence-electron chi connectivity index (χ1n) is 6.85. The third-order valence-corrected chi connectivity index (χ3v) is 5.87. The van der Waals surface area contributed by atoms with E-state index in [0.29, 0.717) is 12.6 Å². The fourth-order valence-electron chi connectivity index (χ4n) is 2.79. The number of ether oxygens (including phenoxy) is 1. The summed E-state index contributed by atoms with van der Waals surface area (Å²) in [5.41, 5.74) is 6.20. The van der Waals surface area contributed by atoms with Gasteiger partial charge in [0.15, 0.2) is 0 Å². The lowest BCUT2D eigenvalue weighted by atomic mass is 9.84. The van der Waals surface area contributed by atoms with E-state index in [4.69, 9.17) is 10.5 Å². The van der Waals surface area contributed by atoms with Gasteiger partial charge in [-0.05, 0) is 48.3 Å². The standard InChI is InChI=1S/C14H23BrN2OS/c1-3-12-7-14(10-16,4-5-18-12)17(2)8-13-6-11(15)9-19-13/h6,9,12H,3-5,7-8,10,16H2,1-2H3. The molecule has 2 N–H and O–H groups in total. The van der Waals surface area contributed by atoms with Crippen molar-refractivity contribution in [3.63, 3.8) is 0 Å². The van der Waals surface area contributed by atoms with Gasteiger partial charge in [0.05, 0.1) is 6.10 Å². The van der Waals surface area contributed by atoms with Crippen LogP contribution in [0, 0.1) is 0 Å². The van der Waals surface area contributed by atoms with E-state index < -0.39 is 0 Å². The van der Waals surface area contributed by atoms with Crippen molar-refractivity contribution in [1.29, 1.82) is 0 Å². The van der Waals surface area contributed by atoms with Crippen molar-refractivity contribution in [3.05, 3.63) is 20.8 Å². The van der Waals surface area contributed by atoms with Gasteiger partial charge in [0.1, 0.15) is 0 Å². The molecule has 0 amide bonds. The van der Waals surface area contributed by atoms with Crippen molar-refractivity contribution >= 4 is 27.3 Å². The fourth-order valence-corrected chi connectivity index (χ4v) is 4.29. The van der Waals surface area contributed by atoms with Crippen LogP contribution in [0.4, 0.5) is 0 Å². The van der Waals surface area contributed by atoms with Gasteiger partial charge < -0.3 is 10.5 Å². The van der Waals surface area contributed by atoms with E-state index in [1.165, 1.54) is 9.35 Å². The minimum Gasteiger partial charge on any atom is -0.378 e. The molecule has 1 aliphatic heterocycles. The zero-order valence-electron chi connectivity index (χ0n) is 11.7. The van der Waals surface area contributed by atoms with Crippen LogP contribution >= 0.6 is 27.3 Å². The van der Waals surface area contributed by atoms with Crippen LogP contribution in [0.1, 0.15) is 31.1 Å². The molecule has 1 aromatic rings. The molecule has 19 heavy (non-hydrogen) atoms. The maximum atomic E-state index is 6.11. The van der Waals surface area contributed by atoms with Crippen LogP contribution in [-0.4, -0.2) is 36.7 Å². The van der Waals surface area contributed by atoms with Gasteiger partial charge in [-0.3, -0.25) is 4.90 Å². The molecular weight excluding hydrogens is 324 g/mol. The monoisotopic (exact) mass is 346 g/mol. The largest absolute Gasteiger partial charge is 0.378 e. The van der Waals surface area contributed by atoms with Crippen LogP contribution in [0.25, 0.3) is 0 Å². The molecule has 0 spiro atoms. The smallest absolute Gasteiger partial charge is 0.0590 e. The summed E-state index contributed by atoms with van der Waals surface area (Å²) in [5, 5.41) is 2.14. The lowest BCUT2D eigenvalue weighted by molar-refractivity contribution is -0.0669. The first-order valence-corrected chi connectivity index (χ1v) is 8.52.